The number of aliphatic hydroxyl groups excluding tert-OH is 2. The van der Waals surface area contributed by atoms with Gasteiger partial charge in [0.1, 0.15) is 0 Å². The number of Topliss-reactive ketones (excluding diaryl/α,β-unsaturated/α-hetero) is 1. The summed E-state index contributed by atoms with van der Waals surface area (Å²) in [4.78, 5) is 25.8. The molecule has 0 radical (unpaired) electrons. The first-order valence-electron chi connectivity index (χ1n) is 9.95. The first-order chi connectivity index (χ1) is 14.0. The molecule has 0 spiro atoms. The fourth-order valence-electron chi connectivity index (χ4n) is 3.98. The molecule has 2 N–H and O–H groups in total. The van der Waals surface area contributed by atoms with Crippen molar-refractivity contribution in [3.05, 3.63) is 83.1 Å². The monoisotopic (exact) mass is 394 g/mol. The lowest BCUT2D eigenvalue weighted by molar-refractivity contribution is -0.161. The third-order valence-corrected chi connectivity index (χ3v) is 5.57. The number of hydrogen-bond acceptors (Lipinski definition) is 5. The number of hydrogen-bond donors (Lipinski definition) is 2. The van der Waals surface area contributed by atoms with Gasteiger partial charge in [-0.15, -0.1) is 0 Å². The maximum Gasteiger partial charge on any atom is 0.339 e. The predicted octanol–water partition coefficient (Wildman–Crippen LogP) is 4.25. The largest absolute Gasteiger partial charge is 0.504 e. The van der Waals surface area contributed by atoms with Gasteiger partial charge < -0.3 is 14.9 Å². The van der Waals surface area contributed by atoms with Gasteiger partial charge in [-0.2, -0.15) is 0 Å². The highest BCUT2D eigenvalue weighted by Crippen LogP contribution is 2.38. The van der Waals surface area contributed by atoms with E-state index in [4.69, 9.17) is 4.74 Å². The molecule has 5 nitrogen and oxygen atoms in total. The third-order valence-electron chi connectivity index (χ3n) is 5.57. The maximum absolute atomic E-state index is 13.0. The smallest absolute Gasteiger partial charge is 0.339 e. The molecular formula is C24H26O5. The van der Waals surface area contributed by atoms with Crippen LogP contribution in [0.15, 0.2) is 72.0 Å². The summed E-state index contributed by atoms with van der Waals surface area (Å²) in [6, 6.07) is 18.2. The van der Waals surface area contributed by atoms with Crippen LogP contribution in [0.3, 0.4) is 0 Å². The van der Waals surface area contributed by atoms with Crippen LogP contribution >= 0.6 is 0 Å². The highest BCUT2D eigenvalue weighted by Gasteiger charge is 2.45. The summed E-state index contributed by atoms with van der Waals surface area (Å²) in [5.74, 6) is -3.01. The molecule has 0 bridgehead atoms. The molecule has 1 heterocycles. The molecule has 0 saturated heterocycles. The molecule has 0 fully saturated rings. The van der Waals surface area contributed by atoms with Crippen molar-refractivity contribution in [2.45, 2.75) is 44.8 Å². The fraction of sp³-hybridized carbons (Fsp3) is 0.333. The van der Waals surface area contributed by atoms with Crippen LogP contribution in [0.25, 0.3) is 0 Å². The van der Waals surface area contributed by atoms with Crippen molar-refractivity contribution in [1.29, 1.82) is 0 Å². The summed E-state index contributed by atoms with van der Waals surface area (Å²) in [5, 5.41) is 21.5. The molecular weight excluding hydrogens is 368 g/mol. The Labute approximate surface area is 170 Å². The molecule has 29 heavy (non-hydrogen) atoms. The van der Waals surface area contributed by atoms with Crippen LogP contribution in [0.2, 0.25) is 0 Å². The number of rotatable bonds is 7. The van der Waals surface area contributed by atoms with Gasteiger partial charge in [-0.05, 0) is 24.0 Å². The zero-order chi connectivity index (χ0) is 21.0. The van der Waals surface area contributed by atoms with Gasteiger partial charge in [0.05, 0.1) is 11.7 Å². The van der Waals surface area contributed by atoms with Crippen LogP contribution < -0.4 is 0 Å². The lowest BCUT2D eigenvalue weighted by Gasteiger charge is -2.33. The Bertz CT molecular complexity index is 888. The lowest BCUT2D eigenvalue weighted by atomic mass is 9.81. The number of aliphatic hydroxyl groups is 2. The van der Waals surface area contributed by atoms with E-state index >= 15 is 0 Å². The summed E-state index contributed by atoms with van der Waals surface area (Å²) in [6.07, 6.45) is -1.29. The van der Waals surface area contributed by atoms with E-state index in [0.717, 1.165) is 5.56 Å². The van der Waals surface area contributed by atoms with Gasteiger partial charge in [0.15, 0.2) is 11.9 Å². The molecule has 2 aromatic rings. The molecule has 4 atom stereocenters. The van der Waals surface area contributed by atoms with Crippen LogP contribution in [-0.4, -0.2) is 28.1 Å². The normalized spacial score (nSPS) is 20.2. The molecule has 2 aromatic carbocycles. The highest BCUT2D eigenvalue weighted by molar-refractivity contribution is 6.09. The summed E-state index contributed by atoms with van der Waals surface area (Å²) in [7, 11) is 0. The van der Waals surface area contributed by atoms with E-state index < -0.39 is 41.6 Å². The molecule has 1 aliphatic heterocycles. The second-order valence-corrected chi connectivity index (χ2v) is 7.25. The Kier molecular flexibility index (Phi) is 6.49. The molecule has 1 unspecified atom stereocenters. The van der Waals surface area contributed by atoms with Crippen molar-refractivity contribution in [3.8, 4) is 0 Å². The molecule has 152 valence electrons. The molecule has 0 amide bonds. The standard InChI is InChI=1S/C24H26O5/c1-3-17(15-11-7-5-8-12-15)19-21(26)22(27)23(29-24(19)28)18(4-2)20(25)16-13-9-6-10-14-16/h5-14,17-18,20,23,25-26H,3-4H2,1-2H3/t17-,18-,20-,23?/m1/s1. The SMILES string of the molecule is CC[C@@H](C1=C(O)C(=O)C([C@H](CC)[C@H](O)c2ccccc2)OC1=O)c1ccccc1. The summed E-state index contributed by atoms with van der Waals surface area (Å²) in [6.45, 7) is 3.70. The van der Waals surface area contributed by atoms with Crippen LogP contribution in [-0.2, 0) is 14.3 Å². The number of benzene rings is 2. The van der Waals surface area contributed by atoms with E-state index in [1.165, 1.54) is 0 Å². The average Bonchev–Trinajstić information content (AvgIpc) is 2.76. The van der Waals surface area contributed by atoms with E-state index in [0.29, 0.717) is 18.4 Å². The van der Waals surface area contributed by atoms with Crippen molar-refractivity contribution in [2.75, 3.05) is 0 Å². The molecule has 5 heteroatoms. The van der Waals surface area contributed by atoms with Crippen molar-refractivity contribution < 1.29 is 24.5 Å². The molecule has 1 aliphatic rings. The van der Waals surface area contributed by atoms with E-state index in [1.54, 1.807) is 24.3 Å². The highest BCUT2D eigenvalue weighted by atomic mass is 16.6. The van der Waals surface area contributed by atoms with Gasteiger partial charge >= 0.3 is 5.97 Å². The number of ether oxygens (including phenoxy) is 1. The van der Waals surface area contributed by atoms with Crippen molar-refractivity contribution in [2.24, 2.45) is 5.92 Å². The minimum Gasteiger partial charge on any atom is -0.504 e. The molecule has 3 rings (SSSR count). The molecule has 0 saturated carbocycles. The van der Waals surface area contributed by atoms with Crippen molar-refractivity contribution in [1.82, 2.24) is 0 Å². The number of cyclic esters (lactones) is 1. The molecule has 0 aliphatic carbocycles. The van der Waals surface area contributed by atoms with E-state index in [1.807, 2.05) is 50.2 Å². The second-order valence-electron chi connectivity index (χ2n) is 7.25. The first kappa shape index (κ1) is 20.8. The first-order valence-corrected chi connectivity index (χ1v) is 9.95. The van der Waals surface area contributed by atoms with Crippen molar-refractivity contribution >= 4 is 11.8 Å². The minimum atomic E-state index is -1.22. The summed E-state index contributed by atoms with van der Waals surface area (Å²) >= 11 is 0. The Morgan fingerprint density at radius 2 is 1.45 bits per heavy atom. The van der Waals surface area contributed by atoms with Crippen LogP contribution in [0.4, 0.5) is 0 Å². The average molecular weight is 394 g/mol. The van der Waals surface area contributed by atoms with Gasteiger partial charge in [-0.3, -0.25) is 4.79 Å². The number of ketones is 1. The zero-order valence-corrected chi connectivity index (χ0v) is 16.6. The van der Waals surface area contributed by atoms with Gasteiger partial charge in [-0.1, -0.05) is 74.5 Å². The van der Waals surface area contributed by atoms with Gasteiger partial charge in [-0.25, -0.2) is 4.79 Å². The number of carbonyl (C=O) groups excluding carboxylic acids is 2. The van der Waals surface area contributed by atoms with E-state index in [2.05, 4.69) is 0 Å². The quantitative estimate of drug-likeness (QED) is 0.686. The lowest BCUT2D eigenvalue weighted by Crippen LogP contribution is -2.43. The Hall–Kier alpha value is -2.92. The number of esters is 1. The second kappa shape index (κ2) is 9.05. The van der Waals surface area contributed by atoms with E-state index in [-0.39, 0.29) is 5.57 Å². The number of carbonyl (C=O) groups is 2. The maximum atomic E-state index is 13.0. The van der Waals surface area contributed by atoms with Gasteiger partial charge in [0, 0.05) is 11.8 Å². The molecule has 0 aromatic heterocycles. The van der Waals surface area contributed by atoms with Crippen LogP contribution in [0.1, 0.15) is 49.8 Å². The minimum absolute atomic E-state index is 0.0102. The van der Waals surface area contributed by atoms with E-state index in [9.17, 15) is 19.8 Å². The Morgan fingerprint density at radius 3 is 1.97 bits per heavy atom. The van der Waals surface area contributed by atoms with Gasteiger partial charge in [0.2, 0.25) is 5.78 Å². The topological polar surface area (TPSA) is 83.8 Å². The predicted molar refractivity (Wildman–Crippen MR) is 109 cm³/mol. The third kappa shape index (κ3) is 4.10. The van der Waals surface area contributed by atoms with Gasteiger partial charge in [0.25, 0.3) is 0 Å². The van der Waals surface area contributed by atoms with Crippen LogP contribution in [0.5, 0.6) is 0 Å². The zero-order valence-electron chi connectivity index (χ0n) is 16.6. The fourth-order valence-corrected chi connectivity index (χ4v) is 3.98. The van der Waals surface area contributed by atoms with Crippen molar-refractivity contribution in [3.63, 3.8) is 0 Å². The van der Waals surface area contributed by atoms with Crippen LogP contribution in [0, 0.1) is 5.92 Å². The summed E-state index contributed by atoms with van der Waals surface area (Å²) in [5.41, 5.74) is 1.45. The Balaban J connectivity index is 1.94. The Morgan fingerprint density at radius 1 is 0.897 bits per heavy atom. The summed E-state index contributed by atoms with van der Waals surface area (Å²) < 4.78 is 5.52.